The van der Waals surface area contributed by atoms with E-state index in [1.54, 1.807) is 34.0 Å². The summed E-state index contributed by atoms with van der Waals surface area (Å²) in [6, 6.07) is 24.3. The van der Waals surface area contributed by atoms with Crippen molar-refractivity contribution in [3.63, 3.8) is 0 Å². The maximum atomic E-state index is 14.4. The number of fused-ring (bicyclic) bond motifs is 1. The number of ether oxygens (including phenoxy) is 2. The molecule has 8 heteroatoms. The predicted molar refractivity (Wildman–Crippen MR) is 156 cm³/mol. The number of hydrogen-bond donors (Lipinski definition) is 0. The third-order valence-corrected chi connectivity index (χ3v) is 6.73. The molecular weight excluding hydrogens is 521 g/mol. The van der Waals surface area contributed by atoms with Gasteiger partial charge in [0.2, 0.25) is 5.43 Å². The zero-order valence-corrected chi connectivity index (χ0v) is 22.5. The molecule has 1 atom stereocenters. The Bertz CT molecular complexity index is 1600. The third kappa shape index (κ3) is 5.77. The van der Waals surface area contributed by atoms with Crippen LogP contribution in [0.1, 0.15) is 33.2 Å². The highest BCUT2D eigenvalue weighted by atomic mass is 19.1. The molecule has 0 aliphatic carbocycles. The van der Waals surface area contributed by atoms with Crippen LogP contribution in [0, 0.1) is 5.82 Å². The summed E-state index contributed by atoms with van der Waals surface area (Å²) in [5, 5.41) is 1.93. The normalized spacial score (nSPS) is 13.3. The molecule has 0 saturated heterocycles. The van der Waals surface area contributed by atoms with E-state index in [1.807, 2.05) is 65.7 Å². The van der Waals surface area contributed by atoms with Gasteiger partial charge in [0, 0.05) is 30.4 Å². The van der Waals surface area contributed by atoms with Crippen LogP contribution in [0.15, 0.2) is 121 Å². The van der Waals surface area contributed by atoms with E-state index in [4.69, 9.17) is 9.47 Å². The first-order chi connectivity index (χ1) is 20.0. The van der Waals surface area contributed by atoms with Crippen molar-refractivity contribution in [3.05, 3.63) is 155 Å². The number of amides is 1. The van der Waals surface area contributed by atoms with Crippen LogP contribution in [0.25, 0.3) is 0 Å². The maximum absolute atomic E-state index is 14.4. The minimum Gasteiger partial charge on any atom is -0.489 e. The zero-order valence-electron chi connectivity index (χ0n) is 22.5. The first kappa shape index (κ1) is 27.5. The number of hydrogen-bond acceptors (Lipinski definition) is 5. The van der Waals surface area contributed by atoms with Crippen molar-refractivity contribution < 1.29 is 18.7 Å². The Morgan fingerprint density at radius 3 is 2.34 bits per heavy atom. The van der Waals surface area contributed by atoms with Crippen molar-refractivity contribution in [1.82, 2.24) is 9.58 Å². The Morgan fingerprint density at radius 2 is 1.63 bits per heavy atom. The fourth-order valence-electron chi connectivity index (χ4n) is 4.90. The van der Waals surface area contributed by atoms with Gasteiger partial charge in [0.25, 0.3) is 5.91 Å². The molecule has 4 aromatic rings. The largest absolute Gasteiger partial charge is 0.489 e. The fraction of sp³-hybridized carbons (Fsp3) is 0.152. The van der Waals surface area contributed by atoms with E-state index < -0.39 is 17.3 Å². The van der Waals surface area contributed by atoms with Crippen LogP contribution in [0.3, 0.4) is 0 Å². The molecule has 0 fully saturated rings. The highest BCUT2D eigenvalue weighted by Crippen LogP contribution is 2.37. The van der Waals surface area contributed by atoms with E-state index >= 15 is 0 Å². The number of carbonyl (C=O) groups excluding carboxylic acids is 1. The summed E-state index contributed by atoms with van der Waals surface area (Å²) in [4.78, 5) is 28.5. The molecule has 0 N–H and O–H groups in total. The van der Waals surface area contributed by atoms with Gasteiger partial charge in [-0.25, -0.2) is 4.39 Å². The Morgan fingerprint density at radius 1 is 0.902 bits per heavy atom. The summed E-state index contributed by atoms with van der Waals surface area (Å²) in [5.74, 6) is -0.512. The lowest BCUT2D eigenvalue weighted by atomic mass is 9.96. The van der Waals surface area contributed by atoms with Crippen LogP contribution >= 0.6 is 0 Å². The number of aromatic nitrogens is 1. The summed E-state index contributed by atoms with van der Waals surface area (Å²) in [5.41, 5.74) is 2.08. The smallest absolute Gasteiger partial charge is 0.278 e. The minimum atomic E-state index is -0.541. The lowest BCUT2D eigenvalue weighted by Gasteiger charge is -2.44. The van der Waals surface area contributed by atoms with Crippen LogP contribution in [0.4, 0.5) is 4.39 Å². The second-order valence-electron chi connectivity index (χ2n) is 9.47. The molecule has 208 valence electrons. The van der Waals surface area contributed by atoms with Crippen molar-refractivity contribution in [2.45, 2.75) is 12.6 Å². The Labute approximate surface area is 238 Å². The Balaban J connectivity index is 1.69. The zero-order chi connectivity index (χ0) is 28.8. The molecule has 1 aliphatic rings. The number of benzene rings is 3. The minimum absolute atomic E-state index is 0.0471. The van der Waals surface area contributed by atoms with Crippen molar-refractivity contribution >= 4 is 5.91 Å². The van der Waals surface area contributed by atoms with Gasteiger partial charge in [0.05, 0.1) is 0 Å². The summed E-state index contributed by atoms with van der Waals surface area (Å²) < 4.78 is 28.0. The molecule has 2 heterocycles. The first-order valence-electron chi connectivity index (χ1n) is 13.2. The van der Waals surface area contributed by atoms with E-state index in [0.717, 1.165) is 11.1 Å². The average molecular weight is 552 g/mol. The van der Waals surface area contributed by atoms with Gasteiger partial charge < -0.3 is 14.4 Å². The predicted octanol–water partition coefficient (Wildman–Crippen LogP) is 5.46. The monoisotopic (exact) mass is 551 g/mol. The van der Waals surface area contributed by atoms with Gasteiger partial charge >= 0.3 is 0 Å². The van der Waals surface area contributed by atoms with Crippen LogP contribution in [0.2, 0.25) is 0 Å². The van der Waals surface area contributed by atoms with Crippen molar-refractivity contribution in [2.24, 2.45) is 0 Å². The molecule has 3 aromatic carbocycles. The quantitative estimate of drug-likeness (QED) is 0.232. The highest BCUT2D eigenvalue weighted by Gasteiger charge is 2.37. The molecular formula is C33H30FN3O4. The lowest BCUT2D eigenvalue weighted by Crippen LogP contribution is -2.55. The van der Waals surface area contributed by atoms with Crippen molar-refractivity contribution in [1.29, 1.82) is 0 Å². The molecule has 5 rings (SSSR count). The summed E-state index contributed by atoms with van der Waals surface area (Å²) >= 11 is 0. The van der Waals surface area contributed by atoms with E-state index in [-0.39, 0.29) is 43.8 Å². The summed E-state index contributed by atoms with van der Waals surface area (Å²) in [6.45, 7) is 8.22. The molecule has 0 radical (unpaired) electrons. The van der Waals surface area contributed by atoms with Gasteiger partial charge in [-0.2, -0.15) is 0 Å². The molecule has 1 aliphatic heterocycles. The van der Waals surface area contributed by atoms with E-state index in [1.165, 1.54) is 18.2 Å². The van der Waals surface area contributed by atoms with Gasteiger partial charge in [0.15, 0.2) is 11.4 Å². The molecule has 7 nitrogen and oxygen atoms in total. The molecule has 41 heavy (non-hydrogen) atoms. The van der Waals surface area contributed by atoms with Crippen LogP contribution in [0.5, 0.6) is 11.5 Å². The second-order valence-corrected chi connectivity index (χ2v) is 9.47. The van der Waals surface area contributed by atoms with Crippen LogP contribution in [-0.2, 0) is 6.61 Å². The topological polar surface area (TPSA) is 64.0 Å². The molecule has 1 amide bonds. The summed E-state index contributed by atoms with van der Waals surface area (Å²) in [7, 11) is 0. The fourth-order valence-corrected chi connectivity index (χ4v) is 4.90. The van der Waals surface area contributed by atoms with Gasteiger partial charge in [0.1, 0.15) is 37.5 Å². The summed E-state index contributed by atoms with van der Waals surface area (Å²) in [6.07, 6.45) is 4.79. The molecule has 0 bridgehead atoms. The molecule has 0 spiro atoms. The lowest BCUT2D eigenvalue weighted by molar-refractivity contribution is 0.0698. The van der Waals surface area contributed by atoms with E-state index in [2.05, 4.69) is 13.2 Å². The van der Waals surface area contributed by atoms with Crippen LogP contribution < -0.4 is 19.9 Å². The number of pyridine rings is 1. The number of nitrogens with zero attached hydrogens (tertiary/aromatic N) is 3. The van der Waals surface area contributed by atoms with Gasteiger partial charge in [-0.1, -0.05) is 79.4 Å². The number of halogens is 1. The molecule has 0 saturated carbocycles. The SMILES string of the molecule is C=CCOc1cc(F)ccc1C(c1ccccc1)N1CN(CC=C)C(=O)c2c(OCc3ccccc3)c(=O)ccn21. The van der Waals surface area contributed by atoms with E-state index in [0.29, 0.717) is 11.3 Å². The highest BCUT2D eigenvalue weighted by molar-refractivity contribution is 5.96. The Kier molecular flexibility index (Phi) is 8.29. The molecule has 1 aromatic heterocycles. The van der Waals surface area contributed by atoms with Gasteiger partial charge in [-0.3, -0.25) is 19.3 Å². The van der Waals surface area contributed by atoms with E-state index in [9.17, 15) is 14.0 Å². The first-order valence-corrected chi connectivity index (χ1v) is 13.2. The number of rotatable bonds is 11. The van der Waals surface area contributed by atoms with Gasteiger partial charge in [-0.05, 0) is 23.3 Å². The number of carbonyl (C=O) groups is 1. The molecule has 1 unspecified atom stereocenters. The van der Waals surface area contributed by atoms with Gasteiger partial charge in [-0.15, -0.1) is 6.58 Å². The maximum Gasteiger partial charge on any atom is 0.278 e. The Hall–Kier alpha value is -5.11. The second kappa shape index (κ2) is 12.4. The third-order valence-electron chi connectivity index (χ3n) is 6.73. The average Bonchev–Trinajstić information content (AvgIpc) is 2.99. The van der Waals surface area contributed by atoms with Crippen LogP contribution in [-0.4, -0.2) is 35.3 Å². The van der Waals surface area contributed by atoms with Crippen molar-refractivity contribution in [3.8, 4) is 11.5 Å². The van der Waals surface area contributed by atoms with Crippen molar-refractivity contribution in [2.75, 3.05) is 24.8 Å². The standard InChI is InChI=1S/C33H30FN3O4/c1-3-18-35-23-37(30(25-13-9-6-10-14-25)27-16-15-26(34)21-29(27)40-20-4-2)36-19-17-28(38)32(31(36)33(35)39)41-22-24-11-7-5-8-12-24/h3-17,19,21,30H,1-2,18,20,22-23H2.